The molecule has 222 valence electrons. The molecule has 3 aromatic rings. The maximum atomic E-state index is 14.3. The topological polar surface area (TPSA) is 75.7 Å². The smallest absolute Gasteiger partial charge is 0.273 e. The highest BCUT2D eigenvalue weighted by molar-refractivity contribution is 7.14. The summed E-state index contributed by atoms with van der Waals surface area (Å²) in [4.78, 5) is 21.5. The molecule has 6 rings (SSSR count). The second kappa shape index (κ2) is 12.7. The number of aryl methyl sites for hydroxylation is 1. The molecule has 7 nitrogen and oxygen atoms in total. The third-order valence-electron chi connectivity index (χ3n) is 7.63. The summed E-state index contributed by atoms with van der Waals surface area (Å²) in [5, 5.41) is 8.52. The van der Waals surface area contributed by atoms with E-state index in [9.17, 15) is 9.18 Å². The molecule has 0 unspecified atom stereocenters. The molecule has 3 heterocycles. The van der Waals surface area contributed by atoms with Crippen molar-refractivity contribution >= 4 is 57.6 Å². The van der Waals surface area contributed by atoms with Gasteiger partial charge in [-0.05, 0) is 61.1 Å². The summed E-state index contributed by atoms with van der Waals surface area (Å²) in [5.74, 6) is -0.109. The van der Waals surface area contributed by atoms with Crippen molar-refractivity contribution in [3.05, 3.63) is 79.0 Å². The minimum atomic E-state index is -0.483. The Hall–Kier alpha value is -2.40. The second-order valence-electron chi connectivity index (χ2n) is 10.8. The summed E-state index contributed by atoms with van der Waals surface area (Å²) in [5.41, 5.74) is 3.26. The molecule has 0 spiro atoms. The zero-order valence-electron chi connectivity index (χ0n) is 22.9. The fraction of sp³-hybridized carbons (Fsp3) is 0.400. The van der Waals surface area contributed by atoms with Gasteiger partial charge in [0.15, 0.2) is 5.75 Å². The van der Waals surface area contributed by atoms with Crippen molar-refractivity contribution in [3.8, 4) is 10.9 Å². The molecule has 1 saturated carbocycles. The molecule has 12 heteroatoms. The van der Waals surface area contributed by atoms with E-state index in [0.29, 0.717) is 39.5 Å². The molecule has 0 radical (unpaired) electrons. The van der Waals surface area contributed by atoms with E-state index >= 15 is 0 Å². The van der Waals surface area contributed by atoms with Gasteiger partial charge in [-0.3, -0.25) is 4.79 Å². The van der Waals surface area contributed by atoms with E-state index in [1.54, 1.807) is 30.5 Å². The van der Waals surface area contributed by atoms with Gasteiger partial charge >= 0.3 is 0 Å². The lowest BCUT2D eigenvalue weighted by molar-refractivity contribution is -0.128. The fourth-order valence-corrected chi connectivity index (χ4v) is 7.27. The second-order valence-corrected chi connectivity index (χ2v) is 13.0. The van der Waals surface area contributed by atoms with E-state index in [4.69, 9.17) is 44.3 Å². The number of carbonyl (C=O) groups excluding carboxylic acids is 1. The highest BCUT2D eigenvalue weighted by Gasteiger charge is 2.41. The number of aromatic nitrogens is 1. The first-order valence-corrected chi connectivity index (χ1v) is 15.8. The monoisotopic (exact) mass is 650 g/mol. The Morgan fingerprint density at radius 1 is 1.14 bits per heavy atom. The molecular weight excluding hydrogens is 622 g/mol. The lowest BCUT2D eigenvalue weighted by atomic mass is 9.86. The van der Waals surface area contributed by atoms with Crippen molar-refractivity contribution in [2.75, 3.05) is 26.3 Å². The Morgan fingerprint density at radius 3 is 2.67 bits per heavy atom. The molecule has 2 aliphatic heterocycles. The average Bonchev–Trinajstić information content (AvgIpc) is 3.69. The molecule has 1 aromatic heterocycles. The molecule has 2 bridgehead atoms. The third kappa shape index (κ3) is 6.42. The number of fused-ring (bicyclic) bond motifs is 2. The lowest BCUT2D eigenvalue weighted by Gasteiger charge is -2.40. The van der Waals surface area contributed by atoms with Crippen molar-refractivity contribution in [2.45, 2.75) is 50.9 Å². The van der Waals surface area contributed by atoms with Gasteiger partial charge in [0, 0.05) is 43.5 Å². The van der Waals surface area contributed by atoms with Gasteiger partial charge in [-0.1, -0.05) is 58.3 Å². The summed E-state index contributed by atoms with van der Waals surface area (Å²) in [6.07, 6.45) is 4.29. The number of nitrogens with one attached hydrogen (secondary N) is 2. The Kier molecular flexibility index (Phi) is 8.96. The van der Waals surface area contributed by atoms with Gasteiger partial charge in [0.25, 0.3) is 11.1 Å². The van der Waals surface area contributed by atoms with Crippen LogP contribution in [0.5, 0.6) is 10.9 Å². The number of halogens is 4. The zero-order valence-corrected chi connectivity index (χ0v) is 26.0. The van der Waals surface area contributed by atoms with Crippen LogP contribution in [0.25, 0.3) is 5.57 Å². The molecule has 3 aliphatic rings. The van der Waals surface area contributed by atoms with Crippen LogP contribution in [0.1, 0.15) is 35.3 Å². The van der Waals surface area contributed by atoms with Crippen LogP contribution >= 0.6 is 46.1 Å². The fourth-order valence-electron chi connectivity index (χ4n) is 5.52. The van der Waals surface area contributed by atoms with Gasteiger partial charge in [0.05, 0.1) is 26.0 Å². The van der Waals surface area contributed by atoms with E-state index in [2.05, 4.69) is 15.6 Å². The standard InChI is InChI=1S/C30H30Cl3FN4O3S/c1-16-9-21(31)28(22(32)10-16)40-7-8-41-30-36-14-25(42-30)20-11-18-12-35-13-24(37-18)26(20)29(39)38(19-5-6-19)15-17-3-2-4-23(34)27(17)33/h2-4,9-10,14,18-19,24,35,37H,5-8,11-13,15H2,1H3/t18-,24-/m1/s1. The van der Waals surface area contributed by atoms with Gasteiger partial charge < -0.3 is 25.0 Å². The number of thiazole rings is 1. The SMILES string of the molecule is Cc1cc(Cl)c(OCCOc2ncc(C3=C(C(=O)N(Cc4cccc(F)c4Cl)C4CC4)[C@H]4CNC[C@@H](C3)N4)s2)c(Cl)c1. The summed E-state index contributed by atoms with van der Waals surface area (Å²) in [6, 6.07) is 8.49. The number of hydrogen-bond acceptors (Lipinski definition) is 7. The van der Waals surface area contributed by atoms with Crippen LogP contribution in [-0.2, 0) is 11.3 Å². The Labute approximate surface area is 262 Å². The number of amides is 1. The lowest BCUT2D eigenvalue weighted by Crippen LogP contribution is -2.59. The number of rotatable bonds is 10. The molecule has 1 saturated heterocycles. The highest BCUT2D eigenvalue weighted by atomic mass is 35.5. The normalized spacial score (nSPS) is 20.0. The molecule has 2 fully saturated rings. The van der Waals surface area contributed by atoms with E-state index in [1.807, 2.05) is 11.8 Å². The van der Waals surface area contributed by atoms with Crippen LogP contribution in [0, 0.1) is 12.7 Å². The summed E-state index contributed by atoms with van der Waals surface area (Å²) in [7, 11) is 0. The van der Waals surface area contributed by atoms with Gasteiger partial charge in [-0.2, -0.15) is 0 Å². The van der Waals surface area contributed by atoms with Crippen LogP contribution in [0.3, 0.4) is 0 Å². The maximum absolute atomic E-state index is 14.3. The van der Waals surface area contributed by atoms with Gasteiger partial charge in [0.2, 0.25) is 0 Å². The summed E-state index contributed by atoms with van der Waals surface area (Å²) >= 11 is 20.2. The molecule has 42 heavy (non-hydrogen) atoms. The van der Waals surface area contributed by atoms with Gasteiger partial charge in [-0.25, -0.2) is 9.37 Å². The zero-order chi connectivity index (χ0) is 29.4. The first-order chi connectivity index (χ1) is 20.3. The first kappa shape index (κ1) is 29.7. The van der Waals surface area contributed by atoms with Crippen molar-refractivity contribution in [1.29, 1.82) is 0 Å². The van der Waals surface area contributed by atoms with Gasteiger partial charge in [-0.15, -0.1) is 0 Å². The Morgan fingerprint density at radius 2 is 1.90 bits per heavy atom. The predicted molar refractivity (Wildman–Crippen MR) is 164 cm³/mol. The summed E-state index contributed by atoms with van der Waals surface area (Å²) < 4.78 is 25.9. The van der Waals surface area contributed by atoms with Crippen molar-refractivity contribution in [2.24, 2.45) is 0 Å². The van der Waals surface area contributed by atoms with E-state index < -0.39 is 5.82 Å². The molecule has 2 atom stereocenters. The predicted octanol–water partition coefficient (Wildman–Crippen LogP) is 6.29. The van der Waals surface area contributed by atoms with E-state index in [1.165, 1.54) is 17.4 Å². The number of carbonyl (C=O) groups is 1. The van der Waals surface area contributed by atoms with E-state index in [0.717, 1.165) is 41.0 Å². The first-order valence-electron chi connectivity index (χ1n) is 13.9. The number of nitrogens with zero attached hydrogens (tertiary/aromatic N) is 2. The van der Waals surface area contributed by atoms with Crippen molar-refractivity contribution < 1.29 is 18.7 Å². The highest BCUT2D eigenvalue weighted by Crippen LogP contribution is 2.40. The Bertz CT molecular complexity index is 1510. The van der Waals surface area contributed by atoms with Crippen LogP contribution in [0.15, 0.2) is 42.1 Å². The molecule has 1 amide bonds. The Balaban J connectivity index is 1.21. The van der Waals surface area contributed by atoms with Crippen LogP contribution in [0.2, 0.25) is 15.1 Å². The number of ether oxygens (including phenoxy) is 2. The maximum Gasteiger partial charge on any atom is 0.273 e. The number of hydrogen-bond donors (Lipinski definition) is 2. The minimum Gasteiger partial charge on any atom is -0.487 e. The van der Waals surface area contributed by atoms with Crippen LogP contribution in [-0.4, -0.2) is 60.2 Å². The summed E-state index contributed by atoms with van der Waals surface area (Å²) in [6.45, 7) is 4.11. The average molecular weight is 652 g/mol. The minimum absolute atomic E-state index is 0.0522. The number of benzene rings is 2. The largest absolute Gasteiger partial charge is 0.487 e. The van der Waals surface area contributed by atoms with E-state index in [-0.39, 0.29) is 48.8 Å². The van der Waals surface area contributed by atoms with Crippen LogP contribution < -0.4 is 20.1 Å². The quantitative estimate of drug-likeness (QED) is 0.251. The van der Waals surface area contributed by atoms with Crippen LogP contribution in [0.4, 0.5) is 4.39 Å². The van der Waals surface area contributed by atoms with Crippen molar-refractivity contribution in [3.63, 3.8) is 0 Å². The van der Waals surface area contributed by atoms with Crippen molar-refractivity contribution in [1.82, 2.24) is 20.5 Å². The number of piperazine rings is 1. The molecule has 1 aliphatic carbocycles. The third-order valence-corrected chi connectivity index (χ3v) is 9.59. The molecule has 2 aromatic carbocycles. The van der Waals surface area contributed by atoms with Gasteiger partial charge in [0.1, 0.15) is 19.0 Å². The molecule has 2 N–H and O–H groups in total. The molecular formula is C30H30Cl3FN4O3S.